The molecular formula is C9H16N2O. The molecule has 0 radical (unpaired) electrons. The Morgan fingerprint density at radius 1 is 1.50 bits per heavy atom. The van der Waals surface area contributed by atoms with Crippen molar-refractivity contribution in [3.05, 3.63) is 0 Å². The van der Waals surface area contributed by atoms with Crippen LogP contribution in [0.3, 0.4) is 0 Å². The Bertz CT molecular complexity index is 189. The Morgan fingerprint density at radius 2 is 2.25 bits per heavy atom. The minimum absolute atomic E-state index is 0.125. The van der Waals surface area contributed by atoms with Crippen molar-refractivity contribution in [2.75, 3.05) is 19.6 Å². The van der Waals surface area contributed by atoms with Crippen molar-refractivity contribution < 1.29 is 4.79 Å². The number of carbonyl (C=O) groups excluding carboxylic acids is 1. The molecule has 1 amide bonds. The molecule has 3 nitrogen and oxygen atoms in total. The molecule has 2 fully saturated rings. The highest BCUT2D eigenvalue weighted by atomic mass is 16.2. The molecule has 1 unspecified atom stereocenters. The summed E-state index contributed by atoms with van der Waals surface area (Å²) in [6.45, 7) is 5.15. The fourth-order valence-electron chi connectivity index (χ4n) is 1.86. The summed E-state index contributed by atoms with van der Waals surface area (Å²) in [5.74, 6) is 0.992. The van der Waals surface area contributed by atoms with Crippen LogP contribution in [0.5, 0.6) is 0 Å². The van der Waals surface area contributed by atoms with E-state index in [0.717, 1.165) is 26.1 Å². The third-order valence-corrected chi connectivity index (χ3v) is 2.82. The van der Waals surface area contributed by atoms with E-state index >= 15 is 0 Å². The minimum atomic E-state index is 0.125. The molecule has 0 saturated carbocycles. The summed E-state index contributed by atoms with van der Waals surface area (Å²) in [6, 6.07) is 0.125. The Kier molecular flexibility index (Phi) is 2.05. The van der Waals surface area contributed by atoms with Crippen molar-refractivity contribution in [1.29, 1.82) is 0 Å². The van der Waals surface area contributed by atoms with Gasteiger partial charge in [-0.1, -0.05) is 6.92 Å². The van der Waals surface area contributed by atoms with Crippen LogP contribution in [0, 0.1) is 5.92 Å². The predicted molar refractivity (Wildman–Crippen MR) is 46.8 cm³/mol. The van der Waals surface area contributed by atoms with Crippen LogP contribution in [0.25, 0.3) is 0 Å². The van der Waals surface area contributed by atoms with Crippen LogP contribution in [0.15, 0.2) is 0 Å². The van der Waals surface area contributed by atoms with Crippen molar-refractivity contribution in [3.63, 3.8) is 0 Å². The number of likely N-dealkylation sites (tertiary alicyclic amines) is 1. The fraction of sp³-hybridized carbons (Fsp3) is 0.889. The maximum atomic E-state index is 11.6. The van der Waals surface area contributed by atoms with E-state index in [4.69, 9.17) is 0 Å². The molecule has 2 rings (SSSR count). The molecule has 2 atom stereocenters. The highest BCUT2D eigenvalue weighted by Gasteiger charge is 2.32. The van der Waals surface area contributed by atoms with Gasteiger partial charge in [-0.25, -0.2) is 0 Å². The SMILES string of the molecule is CC1CN[C@H](C(=O)N2CCC2)C1. The summed E-state index contributed by atoms with van der Waals surface area (Å²) in [6.07, 6.45) is 2.21. The third kappa shape index (κ3) is 1.33. The number of nitrogens with one attached hydrogen (secondary N) is 1. The first-order valence-corrected chi connectivity index (χ1v) is 4.79. The number of hydrogen-bond acceptors (Lipinski definition) is 2. The lowest BCUT2D eigenvalue weighted by atomic mass is 10.1. The average molecular weight is 168 g/mol. The summed E-state index contributed by atoms with van der Waals surface area (Å²) in [7, 11) is 0. The number of hydrogen-bond donors (Lipinski definition) is 1. The van der Waals surface area contributed by atoms with E-state index in [2.05, 4.69) is 12.2 Å². The van der Waals surface area contributed by atoms with Crippen LogP contribution in [0.4, 0.5) is 0 Å². The summed E-state index contributed by atoms with van der Waals surface area (Å²) >= 11 is 0. The molecule has 0 aromatic rings. The van der Waals surface area contributed by atoms with E-state index in [1.807, 2.05) is 4.90 Å². The van der Waals surface area contributed by atoms with Crippen LogP contribution in [-0.2, 0) is 4.79 Å². The first-order chi connectivity index (χ1) is 5.77. The maximum Gasteiger partial charge on any atom is 0.239 e. The lowest BCUT2D eigenvalue weighted by molar-refractivity contribution is -0.136. The zero-order valence-corrected chi connectivity index (χ0v) is 7.55. The molecule has 0 bridgehead atoms. The van der Waals surface area contributed by atoms with Gasteiger partial charge in [0.2, 0.25) is 5.91 Å². The molecule has 68 valence electrons. The van der Waals surface area contributed by atoms with Crippen LogP contribution in [0.1, 0.15) is 19.8 Å². The topological polar surface area (TPSA) is 32.3 Å². The lowest BCUT2D eigenvalue weighted by Crippen LogP contribution is -2.49. The van der Waals surface area contributed by atoms with Crippen molar-refractivity contribution in [2.24, 2.45) is 5.92 Å². The molecule has 0 aliphatic carbocycles. The third-order valence-electron chi connectivity index (χ3n) is 2.82. The van der Waals surface area contributed by atoms with Gasteiger partial charge >= 0.3 is 0 Å². The van der Waals surface area contributed by atoms with E-state index in [0.29, 0.717) is 11.8 Å². The molecule has 1 N–H and O–H groups in total. The molecule has 0 aromatic heterocycles. The number of carbonyl (C=O) groups is 1. The summed E-state index contributed by atoms with van der Waals surface area (Å²) in [5, 5.41) is 3.26. The predicted octanol–water partition coefficient (Wildman–Crippen LogP) is 0.217. The lowest BCUT2D eigenvalue weighted by Gasteiger charge is -2.33. The largest absolute Gasteiger partial charge is 0.341 e. The fourth-order valence-corrected chi connectivity index (χ4v) is 1.86. The summed E-state index contributed by atoms with van der Waals surface area (Å²) in [5.41, 5.74) is 0. The minimum Gasteiger partial charge on any atom is -0.341 e. The van der Waals surface area contributed by atoms with Crippen molar-refractivity contribution in [2.45, 2.75) is 25.8 Å². The van der Waals surface area contributed by atoms with Crippen LogP contribution in [-0.4, -0.2) is 36.5 Å². The van der Waals surface area contributed by atoms with Gasteiger partial charge in [-0.3, -0.25) is 4.79 Å². The van der Waals surface area contributed by atoms with Crippen LogP contribution >= 0.6 is 0 Å². The Morgan fingerprint density at radius 3 is 2.67 bits per heavy atom. The molecule has 12 heavy (non-hydrogen) atoms. The van der Waals surface area contributed by atoms with Crippen molar-refractivity contribution in [3.8, 4) is 0 Å². The van der Waals surface area contributed by atoms with Gasteiger partial charge in [0.15, 0.2) is 0 Å². The van der Waals surface area contributed by atoms with Gasteiger partial charge in [0.1, 0.15) is 0 Å². The van der Waals surface area contributed by atoms with Gasteiger partial charge in [-0.15, -0.1) is 0 Å². The zero-order chi connectivity index (χ0) is 8.55. The molecular weight excluding hydrogens is 152 g/mol. The molecule has 3 heteroatoms. The first-order valence-electron chi connectivity index (χ1n) is 4.79. The molecule has 2 heterocycles. The standard InChI is InChI=1S/C9H16N2O/c1-7-5-8(10-6-7)9(12)11-3-2-4-11/h7-8,10H,2-6H2,1H3/t7?,8-/m0/s1. The first kappa shape index (κ1) is 8.05. The molecule has 2 saturated heterocycles. The second kappa shape index (κ2) is 3.05. The van der Waals surface area contributed by atoms with E-state index in [1.54, 1.807) is 0 Å². The van der Waals surface area contributed by atoms with Gasteiger partial charge in [-0.05, 0) is 25.3 Å². The smallest absolute Gasteiger partial charge is 0.239 e. The Hall–Kier alpha value is -0.570. The monoisotopic (exact) mass is 168 g/mol. The van der Waals surface area contributed by atoms with Crippen molar-refractivity contribution in [1.82, 2.24) is 10.2 Å². The van der Waals surface area contributed by atoms with Gasteiger partial charge in [0.25, 0.3) is 0 Å². The quantitative estimate of drug-likeness (QED) is 0.607. The second-order valence-electron chi connectivity index (χ2n) is 3.98. The van der Waals surface area contributed by atoms with Gasteiger partial charge in [0.05, 0.1) is 6.04 Å². The summed E-state index contributed by atoms with van der Waals surface area (Å²) < 4.78 is 0. The normalized spacial score (nSPS) is 34.9. The van der Waals surface area contributed by atoms with Crippen LogP contribution in [0.2, 0.25) is 0 Å². The average Bonchev–Trinajstić information content (AvgIpc) is 2.31. The molecule has 0 spiro atoms. The zero-order valence-electron chi connectivity index (χ0n) is 7.55. The summed E-state index contributed by atoms with van der Waals surface area (Å²) in [4.78, 5) is 13.6. The van der Waals surface area contributed by atoms with E-state index in [-0.39, 0.29) is 6.04 Å². The van der Waals surface area contributed by atoms with Gasteiger partial charge in [-0.2, -0.15) is 0 Å². The highest BCUT2D eigenvalue weighted by Crippen LogP contribution is 2.17. The Labute approximate surface area is 73.1 Å². The van der Waals surface area contributed by atoms with Crippen molar-refractivity contribution >= 4 is 5.91 Å². The number of rotatable bonds is 1. The van der Waals surface area contributed by atoms with E-state index in [9.17, 15) is 4.79 Å². The highest BCUT2D eigenvalue weighted by molar-refractivity contribution is 5.82. The molecule has 2 aliphatic rings. The van der Waals surface area contributed by atoms with Gasteiger partial charge in [0, 0.05) is 13.1 Å². The Balaban J connectivity index is 1.87. The molecule has 0 aromatic carbocycles. The maximum absolute atomic E-state index is 11.6. The van der Waals surface area contributed by atoms with Gasteiger partial charge < -0.3 is 10.2 Å². The van der Waals surface area contributed by atoms with E-state index in [1.165, 1.54) is 6.42 Å². The number of nitrogens with zero attached hydrogens (tertiary/aromatic N) is 1. The number of amides is 1. The second-order valence-corrected chi connectivity index (χ2v) is 3.98. The van der Waals surface area contributed by atoms with Crippen LogP contribution < -0.4 is 5.32 Å². The molecule has 2 aliphatic heterocycles. The van der Waals surface area contributed by atoms with E-state index < -0.39 is 0 Å².